The second kappa shape index (κ2) is 4.02. The standard InChI is InChI=1S/C12H10N2O2/c13-9-4-1-3-8(7-9)10-5-2-6-14-11(10)12(15)16/h1-7H,13H2,(H,15,16). The summed E-state index contributed by atoms with van der Waals surface area (Å²) < 4.78 is 0. The van der Waals surface area contributed by atoms with Gasteiger partial charge in [-0.05, 0) is 23.8 Å². The summed E-state index contributed by atoms with van der Waals surface area (Å²) in [7, 11) is 0. The highest BCUT2D eigenvalue weighted by Crippen LogP contribution is 2.23. The van der Waals surface area contributed by atoms with Gasteiger partial charge in [0.1, 0.15) is 0 Å². The number of carbonyl (C=O) groups is 1. The van der Waals surface area contributed by atoms with Crippen LogP contribution in [0.5, 0.6) is 0 Å². The van der Waals surface area contributed by atoms with Crippen molar-refractivity contribution in [2.75, 3.05) is 5.73 Å². The molecule has 80 valence electrons. The largest absolute Gasteiger partial charge is 0.476 e. The van der Waals surface area contributed by atoms with Gasteiger partial charge >= 0.3 is 5.97 Å². The lowest BCUT2D eigenvalue weighted by atomic mass is 10.0. The van der Waals surface area contributed by atoms with Crippen molar-refractivity contribution in [3.8, 4) is 11.1 Å². The third-order valence-corrected chi connectivity index (χ3v) is 2.21. The van der Waals surface area contributed by atoms with Crippen molar-refractivity contribution in [2.45, 2.75) is 0 Å². The number of aromatic nitrogens is 1. The second-order valence-corrected chi connectivity index (χ2v) is 3.33. The second-order valence-electron chi connectivity index (χ2n) is 3.33. The molecular weight excluding hydrogens is 204 g/mol. The summed E-state index contributed by atoms with van der Waals surface area (Å²) >= 11 is 0. The Kier molecular flexibility index (Phi) is 2.55. The fourth-order valence-electron chi connectivity index (χ4n) is 1.51. The Morgan fingerprint density at radius 1 is 1.25 bits per heavy atom. The highest BCUT2D eigenvalue weighted by Gasteiger charge is 2.12. The minimum absolute atomic E-state index is 0.0353. The molecule has 4 nitrogen and oxygen atoms in total. The van der Waals surface area contributed by atoms with E-state index in [1.54, 1.807) is 36.4 Å². The molecule has 0 fully saturated rings. The third kappa shape index (κ3) is 1.86. The molecule has 4 heteroatoms. The Morgan fingerprint density at radius 3 is 2.75 bits per heavy atom. The lowest BCUT2D eigenvalue weighted by Gasteiger charge is -2.05. The molecule has 2 aromatic rings. The molecule has 16 heavy (non-hydrogen) atoms. The number of anilines is 1. The number of aromatic carboxylic acids is 1. The molecule has 0 bridgehead atoms. The average Bonchev–Trinajstić information content (AvgIpc) is 2.29. The highest BCUT2D eigenvalue weighted by atomic mass is 16.4. The van der Waals surface area contributed by atoms with E-state index in [1.165, 1.54) is 6.20 Å². The van der Waals surface area contributed by atoms with E-state index in [-0.39, 0.29) is 5.69 Å². The number of nitrogens with zero attached hydrogens (tertiary/aromatic N) is 1. The Hall–Kier alpha value is -2.36. The SMILES string of the molecule is Nc1cccc(-c2cccnc2C(=O)O)c1. The number of carboxylic acid groups (broad SMARTS) is 1. The summed E-state index contributed by atoms with van der Waals surface area (Å²) in [6.45, 7) is 0. The molecule has 0 unspecified atom stereocenters. The van der Waals surface area contributed by atoms with Crippen molar-refractivity contribution in [1.29, 1.82) is 0 Å². The summed E-state index contributed by atoms with van der Waals surface area (Å²) in [6.07, 6.45) is 1.46. The minimum atomic E-state index is -1.04. The van der Waals surface area contributed by atoms with Crippen LogP contribution in [0.2, 0.25) is 0 Å². The van der Waals surface area contributed by atoms with Crippen LogP contribution < -0.4 is 5.73 Å². The van der Waals surface area contributed by atoms with Crippen LogP contribution in [-0.4, -0.2) is 16.1 Å². The van der Waals surface area contributed by atoms with E-state index in [2.05, 4.69) is 4.98 Å². The molecule has 0 aliphatic carbocycles. The van der Waals surface area contributed by atoms with Crippen molar-refractivity contribution in [1.82, 2.24) is 4.98 Å². The molecule has 0 aliphatic rings. The zero-order chi connectivity index (χ0) is 11.5. The molecule has 3 N–H and O–H groups in total. The first-order chi connectivity index (χ1) is 7.68. The zero-order valence-electron chi connectivity index (χ0n) is 8.42. The minimum Gasteiger partial charge on any atom is -0.476 e. The first-order valence-electron chi connectivity index (χ1n) is 4.72. The predicted octanol–water partition coefficient (Wildman–Crippen LogP) is 2.03. The van der Waals surface area contributed by atoms with Gasteiger partial charge in [-0.3, -0.25) is 0 Å². The number of hydrogen-bond acceptors (Lipinski definition) is 3. The molecule has 0 spiro atoms. The molecule has 0 aliphatic heterocycles. The van der Waals surface area contributed by atoms with Crippen LogP contribution in [0.3, 0.4) is 0 Å². The van der Waals surface area contributed by atoms with Gasteiger partial charge in [0.25, 0.3) is 0 Å². The van der Waals surface area contributed by atoms with Crippen molar-refractivity contribution < 1.29 is 9.90 Å². The van der Waals surface area contributed by atoms with E-state index in [1.807, 2.05) is 0 Å². The van der Waals surface area contributed by atoms with Gasteiger partial charge < -0.3 is 10.8 Å². The van der Waals surface area contributed by atoms with Crippen LogP contribution in [-0.2, 0) is 0 Å². The fraction of sp³-hybridized carbons (Fsp3) is 0. The van der Waals surface area contributed by atoms with Gasteiger partial charge in [0, 0.05) is 17.4 Å². The quantitative estimate of drug-likeness (QED) is 0.750. The molecule has 0 radical (unpaired) electrons. The number of nitrogens with two attached hydrogens (primary N) is 1. The van der Waals surface area contributed by atoms with Crippen molar-refractivity contribution in [2.24, 2.45) is 0 Å². The summed E-state index contributed by atoms with van der Waals surface area (Å²) in [4.78, 5) is 14.8. The average molecular weight is 214 g/mol. The number of rotatable bonds is 2. The van der Waals surface area contributed by atoms with Crippen LogP contribution >= 0.6 is 0 Å². The van der Waals surface area contributed by atoms with Crippen molar-refractivity contribution in [3.63, 3.8) is 0 Å². The van der Waals surface area contributed by atoms with Gasteiger partial charge in [-0.15, -0.1) is 0 Å². The zero-order valence-corrected chi connectivity index (χ0v) is 8.42. The fourth-order valence-corrected chi connectivity index (χ4v) is 1.51. The highest BCUT2D eigenvalue weighted by molar-refractivity contribution is 5.94. The van der Waals surface area contributed by atoms with E-state index in [0.29, 0.717) is 11.3 Å². The van der Waals surface area contributed by atoms with Gasteiger partial charge in [0.15, 0.2) is 5.69 Å². The summed E-state index contributed by atoms with van der Waals surface area (Å²) in [6, 6.07) is 10.5. The Morgan fingerprint density at radius 2 is 2.06 bits per heavy atom. The van der Waals surface area contributed by atoms with Gasteiger partial charge in [-0.2, -0.15) is 0 Å². The van der Waals surface area contributed by atoms with E-state index in [9.17, 15) is 4.79 Å². The normalized spacial score (nSPS) is 10.0. The van der Waals surface area contributed by atoms with E-state index < -0.39 is 5.97 Å². The number of nitrogen functional groups attached to an aromatic ring is 1. The maximum absolute atomic E-state index is 11.0. The van der Waals surface area contributed by atoms with Crippen LogP contribution in [0.15, 0.2) is 42.6 Å². The molecule has 0 saturated heterocycles. The summed E-state index contributed by atoms with van der Waals surface area (Å²) in [5, 5.41) is 9.00. The Labute approximate surface area is 92.4 Å². The van der Waals surface area contributed by atoms with Crippen molar-refractivity contribution >= 4 is 11.7 Å². The molecule has 2 rings (SSSR count). The van der Waals surface area contributed by atoms with E-state index >= 15 is 0 Å². The molecule has 1 heterocycles. The summed E-state index contributed by atoms with van der Waals surface area (Å²) in [5.74, 6) is -1.04. The maximum Gasteiger partial charge on any atom is 0.355 e. The molecule has 1 aromatic heterocycles. The smallest absolute Gasteiger partial charge is 0.355 e. The molecule has 1 aromatic carbocycles. The summed E-state index contributed by atoms with van der Waals surface area (Å²) in [5.41, 5.74) is 7.61. The molecular formula is C12H10N2O2. The van der Waals surface area contributed by atoms with Gasteiger partial charge in [0.05, 0.1) is 0 Å². The number of hydrogen-bond donors (Lipinski definition) is 2. The first-order valence-corrected chi connectivity index (χ1v) is 4.72. The third-order valence-electron chi connectivity index (χ3n) is 2.21. The number of benzene rings is 1. The molecule has 0 atom stereocenters. The molecule has 0 saturated carbocycles. The van der Waals surface area contributed by atoms with Gasteiger partial charge in [0.2, 0.25) is 0 Å². The topological polar surface area (TPSA) is 76.2 Å². The lowest BCUT2D eigenvalue weighted by molar-refractivity contribution is 0.0691. The van der Waals surface area contributed by atoms with Crippen LogP contribution in [0.4, 0.5) is 5.69 Å². The number of carboxylic acids is 1. The van der Waals surface area contributed by atoms with Crippen LogP contribution in [0.1, 0.15) is 10.5 Å². The van der Waals surface area contributed by atoms with Crippen LogP contribution in [0.25, 0.3) is 11.1 Å². The monoisotopic (exact) mass is 214 g/mol. The van der Waals surface area contributed by atoms with E-state index in [0.717, 1.165) is 5.56 Å². The Bertz CT molecular complexity index is 538. The van der Waals surface area contributed by atoms with Gasteiger partial charge in [-0.25, -0.2) is 9.78 Å². The van der Waals surface area contributed by atoms with Crippen molar-refractivity contribution in [3.05, 3.63) is 48.3 Å². The Balaban J connectivity index is 2.60. The predicted molar refractivity (Wildman–Crippen MR) is 61.0 cm³/mol. The lowest BCUT2D eigenvalue weighted by Crippen LogP contribution is -2.02. The van der Waals surface area contributed by atoms with Crippen LogP contribution in [0, 0.1) is 0 Å². The van der Waals surface area contributed by atoms with E-state index in [4.69, 9.17) is 10.8 Å². The first kappa shape index (κ1) is 10.2. The van der Waals surface area contributed by atoms with Gasteiger partial charge in [-0.1, -0.05) is 18.2 Å². The molecule has 0 amide bonds. The maximum atomic E-state index is 11.0. The number of pyridine rings is 1.